The standard InChI is InChI=1S/C26H35N5O2S/c1-3-12-29-25(32)21(19-27)18-24-31(4-2)26(33)23(34-24)10-13-28-22-9-7-8-20(17-22)11-16-30-14-5-6-15-30/h1,7-9,17,21,23-24,28H,4-6,10-16,18H2,2H3,(H,29,32). The molecule has 3 rings (SSSR count). The van der Waals surface area contributed by atoms with Gasteiger partial charge in [-0.1, -0.05) is 18.1 Å². The fourth-order valence-corrected chi connectivity index (χ4v) is 6.13. The smallest absolute Gasteiger partial charge is 0.238 e. The van der Waals surface area contributed by atoms with Gasteiger partial charge < -0.3 is 20.4 Å². The van der Waals surface area contributed by atoms with Gasteiger partial charge in [0.2, 0.25) is 11.8 Å². The third-order valence-electron chi connectivity index (χ3n) is 6.42. The molecule has 2 N–H and O–H groups in total. The number of nitrogens with zero attached hydrogens (tertiary/aromatic N) is 3. The highest BCUT2D eigenvalue weighted by atomic mass is 32.2. The van der Waals surface area contributed by atoms with Crippen LogP contribution < -0.4 is 10.6 Å². The molecule has 182 valence electrons. The van der Waals surface area contributed by atoms with Gasteiger partial charge in [-0.05, 0) is 63.4 Å². The number of hydrogen-bond acceptors (Lipinski definition) is 6. The Labute approximate surface area is 207 Å². The topological polar surface area (TPSA) is 88.5 Å². The van der Waals surface area contributed by atoms with E-state index >= 15 is 0 Å². The molecule has 2 saturated heterocycles. The maximum absolute atomic E-state index is 12.9. The molecule has 2 aliphatic rings. The number of terminal acetylenes is 1. The van der Waals surface area contributed by atoms with Gasteiger partial charge >= 0.3 is 0 Å². The molecular weight excluding hydrogens is 446 g/mol. The third-order valence-corrected chi connectivity index (χ3v) is 7.95. The Balaban J connectivity index is 1.48. The van der Waals surface area contributed by atoms with Crippen LogP contribution in [0.2, 0.25) is 0 Å². The number of hydrogen-bond donors (Lipinski definition) is 2. The second-order valence-electron chi connectivity index (χ2n) is 8.76. The lowest BCUT2D eigenvalue weighted by Crippen LogP contribution is -2.38. The van der Waals surface area contributed by atoms with Gasteiger partial charge in [-0.3, -0.25) is 9.59 Å². The summed E-state index contributed by atoms with van der Waals surface area (Å²) in [6.45, 7) is 6.81. The Bertz CT molecular complexity index is 919. The van der Waals surface area contributed by atoms with Crippen LogP contribution in [0.3, 0.4) is 0 Å². The average Bonchev–Trinajstić information content (AvgIpc) is 3.47. The first-order valence-corrected chi connectivity index (χ1v) is 13.1. The maximum atomic E-state index is 12.9. The lowest BCUT2D eigenvalue weighted by atomic mass is 10.1. The van der Waals surface area contributed by atoms with Crippen molar-refractivity contribution in [2.45, 2.75) is 49.7 Å². The number of amides is 2. The quantitative estimate of drug-likeness (QED) is 0.446. The van der Waals surface area contributed by atoms with Crippen molar-refractivity contribution in [1.82, 2.24) is 15.1 Å². The van der Waals surface area contributed by atoms with Crippen LogP contribution in [0.1, 0.15) is 38.2 Å². The zero-order valence-corrected chi connectivity index (χ0v) is 20.8. The predicted molar refractivity (Wildman–Crippen MR) is 137 cm³/mol. The normalized spacial score (nSPS) is 21.1. The first kappa shape index (κ1) is 25.9. The van der Waals surface area contributed by atoms with Crippen molar-refractivity contribution >= 4 is 29.3 Å². The van der Waals surface area contributed by atoms with Crippen LogP contribution in [0, 0.1) is 29.6 Å². The van der Waals surface area contributed by atoms with E-state index in [-0.39, 0.29) is 29.0 Å². The number of nitrogens with one attached hydrogen (secondary N) is 2. The number of benzene rings is 1. The molecule has 8 heteroatoms. The van der Waals surface area contributed by atoms with Gasteiger partial charge in [0, 0.05) is 31.7 Å². The second kappa shape index (κ2) is 13.3. The SMILES string of the molecule is C#CCNC(=O)C(C#N)CC1SC(CCNc2cccc(CCN3CCCC3)c2)C(=O)N1CC. The fraction of sp³-hybridized carbons (Fsp3) is 0.577. The van der Waals surface area contributed by atoms with Crippen LogP contribution in [0.5, 0.6) is 0 Å². The van der Waals surface area contributed by atoms with Crippen LogP contribution >= 0.6 is 11.8 Å². The lowest BCUT2D eigenvalue weighted by Gasteiger charge is -2.23. The maximum Gasteiger partial charge on any atom is 0.238 e. The van der Waals surface area contributed by atoms with E-state index in [9.17, 15) is 14.9 Å². The molecule has 2 heterocycles. The van der Waals surface area contributed by atoms with Crippen LogP contribution in [0.25, 0.3) is 0 Å². The minimum absolute atomic E-state index is 0.0828. The monoisotopic (exact) mass is 481 g/mol. The first-order valence-electron chi connectivity index (χ1n) is 12.2. The number of carbonyl (C=O) groups excluding carboxylic acids is 2. The molecule has 0 aromatic heterocycles. The van der Waals surface area contributed by atoms with E-state index in [4.69, 9.17) is 6.42 Å². The Hall–Kier alpha value is -2.68. The number of anilines is 1. The fourth-order valence-electron chi connectivity index (χ4n) is 4.54. The predicted octanol–water partition coefficient (Wildman–Crippen LogP) is 2.70. The molecule has 0 bridgehead atoms. The number of nitriles is 1. The summed E-state index contributed by atoms with van der Waals surface area (Å²) in [5, 5.41) is 15.1. The van der Waals surface area contributed by atoms with E-state index in [1.165, 1.54) is 31.5 Å². The number of rotatable bonds is 12. The van der Waals surface area contributed by atoms with E-state index in [0.29, 0.717) is 25.9 Å². The molecule has 0 radical (unpaired) electrons. The highest BCUT2D eigenvalue weighted by molar-refractivity contribution is 8.01. The van der Waals surface area contributed by atoms with Gasteiger partial charge in [-0.15, -0.1) is 18.2 Å². The summed E-state index contributed by atoms with van der Waals surface area (Å²) in [4.78, 5) is 29.4. The minimum atomic E-state index is -0.826. The molecule has 3 unspecified atom stereocenters. The molecule has 0 aliphatic carbocycles. The molecular formula is C26H35N5O2S. The molecule has 2 amide bonds. The summed E-state index contributed by atoms with van der Waals surface area (Å²) in [5.74, 6) is 1.23. The number of likely N-dealkylation sites (tertiary alicyclic amines) is 1. The van der Waals surface area contributed by atoms with Gasteiger partial charge in [0.1, 0.15) is 5.92 Å². The van der Waals surface area contributed by atoms with E-state index in [0.717, 1.165) is 18.7 Å². The molecule has 7 nitrogen and oxygen atoms in total. The van der Waals surface area contributed by atoms with Crippen molar-refractivity contribution in [3.05, 3.63) is 29.8 Å². The van der Waals surface area contributed by atoms with Crippen LogP contribution in [-0.2, 0) is 16.0 Å². The van der Waals surface area contributed by atoms with Crippen LogP contribution in [0.15, 0.2) is 24.3 Å². The van der Waals surface area contributed by atoms with Gasteiger partial charge in [0.15, 0.2) is 0 Å². The second-order valence-corrected chi connectivity index (χ2v) is 10.1. The molecule has 1 aromatic carbocycles. The Morgan fingerprint density at radius 2 is 2.15 bits per heavy atom. The zero-order valence-electron chi connectivity index (χ0n) is 20.0. The summed E-state index contributed by atoms with van der Waals surface area (Å²) in [6, 6.07) is 10.6. The largest absolute Gasteiger partial charge is 0.385 e. The molecule has 34 heavy (non-hydrogen) atoms. The molecule has 0 spiro atoms. The Kier molecular flexibility index (Phi) is 10.1. The number of thioether (sulfide) groups is 1. The van der Waals surface area contributed by atoms with E-state index in [1.807, 2.05) is 6.92 Å². The van der Waals surface area contributed by atoms with Crippen molar-refractivity contribution < 1.29 is 9.59 Å². The lowest BCUT2D eigenvalue weighted by molar-refractivity contribution is -0.131. The Morgan fingerprint density at radius 1 is 1.35 bits per heavy atom. The van der Waals surface area contributed by atoms with Gasteiger partial charge in [0.25, 0.3) is 0 Å². The van der Waals surface area contributed by atoms with E-state index < -0.39 is 5.92 Å². The van der Waals surface area contributed by atoms with Crippen LogP contribution in [0.4, 0.5) is 5.69 Å². The van der Waals surface area contributed by atoms with Crippen molar-refractivity contribution in [2.24, 2.45) is 5.92 Å². The van der Waals surface area contributed by atoms with Gasteiger partial charge in [-0.25, -0.2) is 0 Å². The molecule has 2 aliphatic heterocycles. The zero-order chi connectivity index (χ0) is 24.3. The minimum Gasteiger partial charge on any atom is -0.385 e. The average molecular weight is 482 g/mol. The molecule has 0 saturated carbocycles. The van der Waals surface area contributed by atoms with Crippen molar-refractivity contribution in [2.75, 3.05) is 44.6 Å². The molecule has 2 fully saturated rings. The number of carbonyl (C=O) groups is 2. The highest BCUT2D eigenvalue weighted by Gasteiger charge is 2.40. The summed E-state index contributed by atoms with van der Waals surface area (Å²) < 4.78 is 0. The van der Waals surface area contributed by atoms with Crippen molar-refractivity contribution in [3.63, 3.8) is 0 Å². The van der Waals surface area contributed by atoms with Crippen LogP contribution in [-0.4, -0.2) is 71.5 Å². The summed E-state index contributed by atoms with van der Waals surface area (Å²) in [7, 11) is 0. The van der Waals surface area contributed by atoms with Gasteiger partial charge in [-0.2, -0.15) is 5.26 Å². The van der Waals surface area contributed by atoms with Crippen molar-refractivity contribution in [1.29, 1.82) is 5.26 Å². The van der Waals surface area contributed by atoms with Gasteiger partial charge in [0.05, 0.1) is 23.2 Å². The summed E-state index contributed by atoms with van der Waals surface area (Å²) >= 11 is 1.56. The third kappa shape index (κ3) is 7.16. The molecule has 1 aromatic rings. The van der Waals surface area contributed by atoms with Crippen molar-refractivity contribution in [3.8, 4) is 18.4 Å². The van der Waals surface area contributed by atoms with E-state index in [2.05, 4.69) is 51.8 Å². The summed E-state index contributed by atoms with van der Waals surface area (Å²) in [5.41, 5.74) is 2.40. The first-order chi connectivity index (χ1) is 16.5. The Morgan fingerprint density at radius 3 is 2.85 bits per heavy atom. The molecule has 3 atom stereocenters. The summed E-state index contributed by atoms with van der Waals surface area (Å²) in [6.07, 6.45) is 9.86. The van der Waals surface area contributed by atoms with E-state index in [1.54, 1.807) is 16.7 Å². The highest BCUT2D eigenvalue weighted by Crippen LogP contribution is 2.36.